The predicted molar refractivity (Wildman–Crippen MR) is 81.3 cm³/mol. The number of fused-ring (bicyclic) bond motifs is 1. The molecule has 0 aliphatic carbocycles. The first-order valence-corrected chi connectivity index (χ1v) is 6.54. The molecule has 0 spiro atoms. The van der Waals surface area contributed by atoms with Crippen LogP contribution in [-0.4, -0.2) is 22.6 Å². The van der Waals surface area contributed by atoms with Crippen molar-refractivity contribution >= 4 is 22.6 Å². The van der Waals surface area contributed by atoms with Gasteiger partial charge in [0.05, 0.1) is 23.1 Å². The van der Waals surface area contributed by atoms with Crippen molar-refractivity contribution in [3.8, 4) is 5.69 Å². The lowest BCUT2D eigenvalue weighted by molar-refractivity contribution is -0.384. The molecule has 6 nitrogen and oxygen atoms in total. The second kappa shape index (κ2) is 5.33. The fourth-order valence-electron chi connectivity index (χ4n) is 2.35. The number of methoxy groups -OCH3 is 1. The zero-order valence-corrected chi connectivity index (χ0v) is 11.7. The van der Waals surface area contributed by atoms with E-state index in [1.165, 1.54) is 19.2 Å². The molecule has 3 aromatic rings. The minimum atomic E-state index is -0.430. The largest absolute Gasteiger partial charge is 0.465 e. The molecule has 0 aliphatic rings. The van der Waals surface area contributed by atoms with Crippen LogP contribution in [0.5, 0.6) is 0 Å². The Morgan fingerprint density at radius 1 is 1.14 bits per heavy atom. The summed E-state index contributed by atoms with van der Waals surface area (Å²) in [6.07, 6.45) is 1.85. The molecule has 0 radical (unpaired) electrons. The highest BCUT2D eigenvalue weighted by atomic mass is 16.6. The van der Waals surface area contributed by atoms with Crippen molar-refractivity contribution in [3.05, 3.63) is 70.4 Å². The molecule has 0 atom stereocenters. The molecule has 0 unspecified atom stereocenters. The molecule has 0 N–H and O–H groups in total. The van der Waals surface area contributed by atoms with Crippen LogP contribution in [0.15, 0.2) is 54.7 Å². The normalized spacial score (nSPS) is 10.6. The van der Waals surface area contributed by atoms with Crippen molar-refractivity contribution in [1.29, 1.82) is 0 Å². The summed E-state index contributed by atoms with van der Waals surface area (Å²) in [6, 6.07) is 13.4. The van der Waals surface area contributed by atoms with E-state index in [0.717, 1.165) is 16.6 Å². The maximum Gasteiger partial charge on any atom is 0.337 e. The Morgan fingerprint density at radius 3 is 2.50 bits per heavy atom. The van der Waals surface area contributed by atoms with E-state index in [0.29, 0.717) is 5.56 Å². The fourth-order valence-corrected chi connectivity index (χ4v) is 2.35. The van der Waals surface area contributed by atoms with Gasteiger partial charge < -0.3 is 9.30 Å². The van der Waals surface area contributed by atoms with Gasteiger partial charge in [-0.25, -0.2) is 4.79 Å². The Labute approximate surface area is 125 Å². The van der Waals surface area contributed by atoms with E-state index >= 15 is 0 Å². The molecule has 22 heavy (non-hydrogen) atoms. The Kier molecular flexibility index (Phi) is 3.34. The molecule has 0 saturated heterocycles. The van der Waals surface area contributed by atoms with Crippen molar-refractivity contribution in [2.24, 2.45) is 0 Å². The summed E-state index contributed by atoms with van der Waals surface area (Å²) in [5.41, 5.74) is 2.25. The van der Waals surface area contributed by atoms with E-state index in [4.69, 9.17) is 4.74 Å². The van der Waals surface area contributed by atoms with Crippen LogP contribution in [0, 0.1) is 10.1 Å². The lowest BCUT2D eigenvalue weighted by Gasteiger charge is -2.06. The Balaban J connectivity index is 2.04. The van der Waals surface area contributed by atoms with E-state index in [9.17, 15) is 14.9 Å². The van der Waals surface area contributed by atoms with Crippen LogP contribution in [-0.2, 0) is 4.74 Å². The molecule has 110 valence electrons. The molecular formula is C16H12N2O4. The maximum atomic E-state index is 11.5. The standard InChI is InChI=1S/C16H12N2O4/c1-22-16(19)12-2-7-15-11(10-12)8-9-17(15)13-3-5-14(6-4-13)18(20)21/h2-10H,1H3. The molecule has 0 bridgehead atoms. The van der Waals surface area contributed by atoms with Crippen LogP contribution < -0.4 is 0 Å². The number of nitro benzene ring substituents is 1. The number of nitro groups is 1. The number of nitrogens with zero attached hydrogens (tertiary/aromatic N) is 2. The van der Waals surface area contributed by atoms with Gasteiger partial charge in [-0.05, 0) is 36.4 Å². The minimum absolute atomic E-state index is 0.0492. The number of aromatic nitrogens is 1. The zero-order valence-electron chi connectivity index (χ0n) is 11.7. The van der Waals surface area contributed by atoms with E-state index in [1.807, 2.05) is 22.9 Å². The second-order valence-corrected chi connectivity index (χ2v) is 4.72. The lowest BCUT2D eigenvalue weighted by Crippen LogP contribution is -2.00. The highest BCUT2D eigenvalue weighted by Crippen LogP contribution is 2.23. The molecule has 6 heteroatoms. The average molecular weight is 296 g/mol. The van der Waals surface area contributed by atoms with Crippen LogP contribution in [0.2, 0.25) is 0 Å². The first-order chi connectivity index (χ1) is 10.6. The molecule has 3 rings (SSSR count). The SMILES string of the molecule is COC(=O)c1ccc2c(ccn2-c2ccc([N+](=O)[O-])cc2)c1. The summed E-state index contributed by atoms with van der Waals surface area (Å²) >= 11 is 0. The van der Waals surface area contributed by atoms with Gasteiger partial charge in [-0.2, -0.15) is 0 Å². The van der Waals surface area contributed by atoms with Gasteiger partial charge in [-0.1, -0.05) is 0 Å². The molecular weight excluding hydrogens is 284 g/mol. The van der Waals surface area contributed by atoms with Crippen molar-refractivity contribution in [3.63, 3.8) is 0 Å². The number of rotatable bonds is 3. The van der Waals surface area contributed by atoms with E-state index < -0.39 is 4.92 Å². The minimum Gasteiger partial charge on any atom is -0.465 e. The van der Waals surface area contributed by atoms with Gasteiger partial charge in [-0.15, -0.1) is 0 Å². The number of hydrogen-bond acceptors (Lipinski definition) is 4. The smallest absolute Gasteiger partial charge is 0.337 e. The number of carbonyl (C=O) groups excluding carboxylic acids is 1. The topological polar surface area (TPSA) is 74.4 Å². The molecule has 2 aromatic carbocycles. The summed E-state index contributed by atoms with van der Waals surface area (Å²) in [7, 11) is 1.34. The van der Waals surface area contributed by atoms with Gasteiger partial charge in [-0.3, -0.25) is 10.1 Å². The summed E-state index contributed by atoms with van der Waals surface area (Å²) in [4.78, 5) is 21.8. The van der Waals surface area contributed by atoms with Crippen molar-refractivity contribution in [1.82, 2.24) is 4.57 Å². The third-order valence-corrected chi connectivity index (χ3v) is 3.45. The van der Waals surface area contributed by atoms with Gasteiger partial charge in [0.25, 0.3) is 5.69 Å². The molecule has 1 aromatic heterocycles. The number of benzene rings is 2. The van der Waals surface area contributed by atoms with Gasteiger partial charge >= 0.3 is 5.97 Å². The molecule has 0 aliphatic heterocycles. The molecule has 0 amide bonds. The van der Waals surface area contributed by atoms with Crippen LogP contribution >= 0.6 is 0 Å². The molecule has 0 fully saturated rings. The van der Waals surface area contributed by atoms with Gasteiger partial charge in [0, 0.05) is 29.4 Å². The summed E-state index contributed by atoms with van der Waals surface area (Å²) in [5.74, 6) is -0.384. The number of hydrogen-bond donors (Lipinski definition) is 0. The highest BCUT2D eigenvalue weighted by Gasteiger charge is 2.10. The number of esters is 1. The van der Waals surface area contributed by atoms with Crippen LogP contribution in [0.4, 0.5) is 5.69 Å². The van der Waals surface area contributed by atoms with Gasteiger partial charge in [0.1, 0.15) is 0 Å². The quantitative estimate of drug-likeness (QED) is 0.422. The third kappa shape index (κ3) is 2.31. The van der Waals surface area contributed by atoms with E-state index in [-0.39, 0.29) is 11.7 Å². The summed E-state index contributed by atoms with van der Waals surface area (Å²) < 4.78 is 6.61. The first kappa shape index (κ1) is 13.8. The third-order valence-electron chi connectivity index (χ3n) is 3.45. The zero-order chi connectivity index (χ0) is 15.7. The van der Waals surface area contributed by atoms with Crippen molar-refractivity contribution < 1.29 is 14.5 Å². The monoisotopic (exact) mass is 296 g/mol. The van der Waals surface area contributed by atoms with Gasteiger partial charge in [0.15, 0.2) is 0 Å². The number of carbonyl (C=O) groups is 1. The van der Waals surface area contributed by atoms with E-state index in [2.05, 4.69) is 0 Å². The predicted octanol–water partition coefficient (Wildman–Crippen LogP) is 3.33. The Bertz CT molecular complexity index is 865. The Morgan fingerprint density at radius 2 is 1.86 bits per heavy atom. The fraction of sp³-hybridized carbons (Fsp3) is 0.0625. The van der Waals surface area contributed by atoms with Crippen LogP contribution in [0.3, 0.4) is 0 Å². The number of non-ortho nitro benzene ring substituents is 1. The van der Waals surface area contributed by atoms with E-state index in [1.54, 1.807) is 24.3 Å². The van der Waals surface area contributed by atoms with Crippen LogP contribution in [0.1, 0.15) is 10.4 Å². The Hall–Kier alpha value is -3.15. The second-order valence-electron chi connectivity index (χ2n) is 4.72. The van der Waals surface area contributed by atoms with Crippen molar-refractivity contribution in [2.75, 3.05) is 7.11 Å². The number of ether oxygens (including phenoxy) is 1. The van der Waals surface area contributed by atoms with Crippen molar-refractivity contribution in [2.45, 2.75) is 0 Å². The highest BCUT2D eigenvalue weighted by molar-refractivity contribution is 5.95. The lowest BCUT2D eigenvalue weighted by atomic mass is 10.1. The maximum absolute atomic E-state index is 11.5. The first-order valence-electron chi connectivity index (χ1n) is 6.54. The summed E-state index contributed by atoms with van der Waals surface area (Å²) in [6.45, 7) is 0. The molecule has 0 saturated carbocycles. The average Bonchev–Trinajstić information content (AvgIpc) is 2.97. The van der Waals surface area contributed by atoms with Crippen LogP contribution in [0.25, 0.3) is 16.6 Å². The summed E-state index contributed by atoms with van der Waals surface area (Å²) in [5, 5.41) is 11.6. The van der Waals surface area contributed by atoms with Gasteiger partial charge in [0.2, 0.25) is 0 Å². The molecule has 1 heterocycles.